The molecule has 3 rings (SSSR count). The minimum atomic E-state index is 0.137. The van der Waals surface area contributed by atoms with E-state index < -0.39 is 0 Å². The standard InChI is InChI=1S/C20H24N2O2/c1-15-7-8-19(16(2)13-15)20(23)22-11-9-21(10-12-22)17-5-4-6-18(14-17)24-3/h4-8,13-14H,9-12H2,1-3H3. The summed E-state index contributed by atoms with van der Waals surface area (Å²) in [6, 6.07) is 14.1. The summed E-state index contributed by atoms with van der Waals surface area (Å²) in [7, 11) is 1.68. The van der Waals surface area contributed by atoms with Gasteiger partial charge in [-0.25, -0.2) is 0 Å². The van der Waals surface area contributed by atoms with Gasteiger partial charge in [0.1, 0.15) is 5.75 Å². The minimum Gasteiger partial charge on any atom is -0.497 e. The second kappa shape index (κ2) is 6.95. The summed E-state index contributed by atoms with van der Waals surface area (Å²) < 4.78 is 5.29. The van der Waals surface area contributed by atoms with Crippen LogP contribution in [0.2, 0.25) is 0 Å². The van der Waals surface area contributed by atoms with Crippen LogP contribution in [0.15, 0.2) is 42.5 Å². The van der Waals surface area contributed by atoms with Crippen LogP contribution in [0.1, 0.15) is 21.5 Å². The van der Waals surface area contributed by atoms with Gasteiger partial charge in [0.2, 0.25) is 0 Å². The lowest BCUT2D eigenvalue weighted by atomic mass is 10.0. The predicted octanol–water partition coefficient (Wildman–Crippen LogP) is 3.27. The largest absolute Gasteiger partial charge is 0.497 e. The minimum absolute atomic E-state index is 0.137. The maximum absolute atomic E-state index is 12.8. The molecule has 0 aromatic heterocycles. The van der Waals surface area contributed by atoms with Gasteiger partial charge >= 0.3 is 0 Å². The Morgan fingerprint density at radius 3 is 2.42 bits per heavy atom. The molecule has 1 saturated heterocycles. The Morgan fingerprint density at radius 2 is 1.75 bits per heavy atom. The van der Waals surface area contributed by atoms with Crippen LogP contribution in [-0.2, 0) is 0 Å². The Bertz CT molecular complexity index is 734. The third kappa shape index (κ3) is 3.37. The first kappa shape index (κ1) is 16.4. The Balaban J connectivity index is 1.67. The van der Waals surface area contributed by atoms with Crippen LogP contribution >= 0.6 is 0 Å². The van der Waals surface area contributed by atoms with E-state index in [1.807, 2.05) is 49.1 Å². The average Bonchev–Trinajstić information content (AvgIpc) is 2.61. The molecule has 0 radical (unpaired) electrons. The van der Waals surface area contributed by atoms with E-state index in [0.29, 0.717) is 0 Å². The molecule has 0 bridgehead atoms. The molecule has 1 aliphatic rings. The zero-order valence-corrected chi connectivity index (χ0v) is 14.6. The van der Waals surface area contributed by atoms with Crippen LogP contribution in [0.3, 0.4) is 0 Å². The van der Waals surface area contributed by atoms with Crippen molar-refractivity contribution in [2.45, 2.75) is 13.8 Å². The number of aryl methyl sites for hydroxylation is 2. The summed E-state index contributed by atoms with van der Waals surface area (Å²) >= 11 is 0. The summed E-state index contributed by atoms with van der Waals surface area (Å²) in [5, 5.41) is 0. The van der Waals surface area contributed by atoms with Crippen molar-refractivity contribution in [2.24, 2.45) is 0 Å². The number of nitrogens with zero attached hydrogens (tertiary/aromatic N) is 2. The van der Waals surface area contributed by atoms with E-state index in [1.165, 1.54) is 5.56 Å². The second-order valence-electron chi connectivity index (χ2n) is 6.30. The van der Waals surface area contributed by atoms with Crippen LogP contribution in [0, 0.1) is 13.8 Å². The summed E-state index contributed by atoms with van der Waals surface area (Å²) in [5.41, 5.74) is 4.20. The van der Waals surface area contributed by atoms with Crippen molar-refractivity contribution in [3.05, 3.63) is 59.2 Å². The zero-order valence-electron chi connectivity index (χ0n) is 14.6. The van der Waals surface area contributed by atoms with Gasteiger partial charge in [-0.05, 0) is 37.6 Å². The maximum Gasteiger partial charge on any atom is 0.254 e. The molecule has 1 aliphatic heterocycles. The van der Waals surface area contributed by atoms with E-state index in [4.69, 9.17) is 4.74 Å². The van der Waals surface area contributed by atoms with Crippen molar-refractivity contribution in [2.75, 3.05) is 38.2 Å². The smallest absolute Gasteiger partial charge is 0.254 e. The Morgan fingerprint density at radius 1 is 1.00 bits per heavy atom. The van der Waals surface area contributed by atoms with Gasteiger partial charge in [0, 0.05) is 43.5 Å². The van der Waals surface area contributed by atoms with Crippen molar-refractivity contribution < 1.29 is 9.53 Å². The van der Waals surface area contributed by atoms with E-state index >= 15 is 0 Å². The van der Waals surface area contributed by atoms with Gasteiger partial charge in [-0.2, -0.15) is 0 Å². The molecule has 126 valence electrons. The topological polar surface area (TPSA) is 32.8 Å². The van der Waals surface area contributed by atoms with Crippen LogP contribution in [0.4, 0.5) is 5.69 Å². The van der Waals surface area contributed by atoms with E-state index in [-0.39, 0.29) is 5.91 Å². The van der Waals surface area contributed by atoms with Gasteiger partial charge in [-0.15, -0.1) is 0 Å². The molecule has 0 atom stereocenters. The van der Waals surface area contributed by atoms with E-state index in [2.05, 4.69) is 17.0 Å². The summed E-state index contributed by atoms with van der Waals surface area (Å²) in [6.07, 6.45) is 0. The van der Waals surface area contributed by atoms with Crippen LogP contribution < -0.4 is 9.64 Å². The lowest BCUT2D eigenvalue weighted by molar-refractivity contribution is 0.0746. The highest BCUT2D eigenvalue weighted by Crippen LogP contribution is 2.23. The summed E-state index contributed by atoms with van der Waals surface area (Å²) in [4.78, 5) is 17.0. The van der Waals surface area contributed by atoms with E-state index in [1.54, 1.807) is 7.11 Å². The Hall–Kier alpha value is -2.49. The van der Waals surface area contributed by atoms with Crippen molar-refractivity contribution >= 4 is 11.6 Å². The van der Waals surface area contributed by atoms with Crippen molar-refractivity contribution in [3.63, 3.8) is 0 Å². The fourth-order valence-corrected chi connectivity index (χ4v) is 3.20. The first-order valence-corrected chi connectivity index (χ1v) is 8.34. The molecule has 0 saturated carbocycles. The van der Waals surface area contributed by atoms with Gasteiger partial charge in [0.05, 0.1) is 7.11 Å². The molecule has 0 N–H and O–H groups in total. The molecular formula is C20H24N2O2. The zero-order chi connectivity index (χ0) is 17.1. The first-order chi connectivity index (χ1) is 11.6. The molecule has 0 unspecified atom stereocenters. The lowest BCUT2D eigenvalue weighted by Crippen LogP contribution is -2.48. The molecule has 1 fully saturated rings. The van der Waals surface area contributed by atoms with Gasteiger partial charge in [-0.1, -0.05) is 23.8 Å². The normalized spacial score (nSPS) is 14.6. The fourth-order valence-electron chi connectivity index (χ4n) is 3.20. The number of ether oxygens (including phenoxy) is 1. The number of amides is 1. The monoisotopic (exact) mass is 324 g/mol. The third-order valence-electron chi connectivity index (χ3n) is 4.60. The SMILES string of the molecule is COc1cccc(N2CCN(C(=O)c3ccc(C)cc3C)CC2)c1. The maximum atomic E-state index is 12.8. The molecule has 4 heteroatoms. The third-order valence-corrected chi connectivity index (χ3v) is 4.60. The molecule has 0 aliphatic carbocycles. The lowest BCUT2D eigenvalue weighted by Gasteiger charge is -2.36. The van der Waals surface area contributed by atoms with Gasteiger partial charge < -0.3 is 14.5 Å². The Labute approximate surface area is 143 Å². The van der Waals surface area contributed by atoms with E-state index in [0.717, 1.165) is 48.7 Å². The van der Waals surface area contributed by atoms with Gasteiger partial charge in [0.25, 0.3) is 5.91 Å². The van der Waals surface area contributed by atoms with Crippen molar-refractivity contribution in [1.82, 2.24) is 4.90 Å². The molecule has 2 aromatic rings. The van der Waals surface area contributed by atoms with Crippen LogP contribution in [0.5, 0.6) is 5.75 Å². The number of rotatable bonds is 3. The van der Waals surface area contributed by atoms with Crippen molar-refractivity contribution in [3.8, 4) is 5.75 Å². The van der Waals surface area contributed by atoms with Crippen LogP contribution in [-0.4, -0.2) is 44.1 Å². The molecule has 0 spiro atoms. The van der Waals surface area contributed by atoms with E-state index in [9.17, 15) is 4.79 Å². The highest BCUT2D eigenvalue weighted by Gasteiger charge is 2.23. The highest BCUT2D eigenvalue weighted by molar-refractivity contribution is 5.95. The van der Waals surface area contributed by atoms with Gasteiger partial charge in [0.15, 0.2) is 0 Å². The number of anilines is 1. The van der Waals surface area contributed by atoms with Crippen molar-refractivity contribution in [1.29, 1.82) is 0 Å². The molecule has 2 aromatic carbocycles. The first-order valence-electron chi connectivity index (χ1n) is 8.34. The fraction of sp³-hybridized carbons (Fsp3) is 0.350. The molecule has 24 heavy (non-hydrogen) atoms. The number of hydrogen-bond donors (Lipinski definition) is 0. The average molecular weight is 324 g/mol. The summed E-state index contributed by atoms with van der Waals surface area (Å²) in [6.45, 7) is 7.21. The highest BCUT2D eigenvalue weighted by atomic mass is 16.5. The summed E-state index contributed by atoms with van der Waals surface area (Å²) in [5.74, 6) is 0.999. The number of methoxy groups -OCH3 is 1. The Kier molecular flexibility index (Phi) is 4.74. The number of hydrogen-bond acceptors (Lipinski definition) is 3. The number of carbonyl (C=O) groups is 1. The van der Waals surface area contributed by atoms with Gasteiger partial charge in [-0.3, -0.25) is 4.79 Å². The second-order valence-corrected chi connectivity index (χ2v) is 6.30. The quantitative estimate of drug-likeness (QED) is 0.869. The number of benzene rings is 2. The predicted molar refractivity (Wildman–Crippen MR) is 97.0 cm³/mol. The molecule has 1 amide bonds. The molecule has 1 heterocycles. The number of carbonyl (C=O) groups excluding carboxylic acids is 1. The number of piperazine rings is 1. The molecular weight excluding hydrogens is 300 g/mol. The van der Waals surface area contributed by atoms with Crippen LogP contribution in [0.25, 0.3) is 0 Å². The molecule has 4 nitrogen and oxygen atoms in total.